The Morgan fingerprint density at radius 1 is 1.11 bits per heavy atom. The summed E-state index contributed by atoms with van der Waals surface area (Å²) in [5.41, 5.74) is 8.59. The van der Waals surface area contributed by atoms with Gasteiger partial charge in [-0.1, -0.05) is 36.4 Å². The summed E-state index contributed by atoms with van der Waals surface area (Å²) in [6.45, 7) is 3.62. The van der Waals surface area contributed by atoms with E-state index < -0.39 is 48.2 Å². The predicted octanol–water partition coefficient (Wildman–Crippen LogP) is 1.43. The number of hydrogen-bond donors (Lipinski definition) is 5. The molecule has 4 rings (SSSR count). The van der Waals surface area contributed by atoms with Crippen LogP contribution in [-0.4, -0.2) is 77.4 Å². The second kappa shape index (κ2) is 16.0. The number of aryl methyl sites for hydroxylation is 2. The number of benzene rings is 2. The number of nitrogens with zero attached hydrogens (tertiary/aromatic N) is 1. The maximum absolute atomic E-state index is 13.7. The van der Waals surface area contributed by atoms with E-state index >= 15 is 0 Å². The van der Waals surface area contributed by atoms with Crippen molar-refractivity contribution in [3.05, 3.63) is 65.2 Å². The number of carboxylic acids is 1. The zero-order valence-corrected chi connectivity index (χ0v) is 25.6. The SMILES string of the molecule is Cc1ccc2cc1CNC(=O)[C@H](CCc1ccccc1)NC(=O)[C@@H](NC(=O)[C@@H](N)CC(=O)O)CC(=O)N1CCCC(CCO2)C1. The number of hydrogen-bond acceptors (Lipinski definition) is 7. The molecule has 2 aromatic carbocycles. The number of ether oxygens (including phenoxy) is 1. The number of nitrogens with two attached hydrogens (primary N) is 1. The van der Waals surface area contributed by atoms with E-state index in [9.17, 15) is 24.0 Å². The zero-order valence-electron chi connectivity index (χ0n) is 25.6. The zero-order chi connectivity index (χ0) is 32.3. The summed E-state index contributed by atoms with van der Waals surface area (Å²) in [5.74, 6) is -2.73. The largest absolute Gasteiger partial charge is 0.494 e. The molecule has 0 radical (unpaired) electrons. The summed E-state index contributed by atoms with van der Waals surface area (Å²) in [5, 5.41) is 17.3. The van der Waals surface area contributed by atoms with Crippen molar-refractivity contribution in [1.29, 1.82) is 0 Å². The Morgan fingerprint density at radius 3 is 2.64 bits per heavy atom. The average molecular weight is 622 g/mol. The Labute approximate surface area is 263 Å². The van der Waals surface area contributed by atoms with Crippen LogP contribution in [0.1, 0.15) is 55.2 Å². The molecule has 1 saturated heterocycles. The minimum atomic E-state index is -1.42. The number of amides is 4. The van der Waals surface area contributed by atoms with Crippen molar-refractivity contribution in [3.8, 4) is 5.75 Å². The van der Waals surface area contributed by atoms with Crippen LogP contribution in [0.3, 0.4) is 0 Å². The monoisotopic (exact) mass is 621 g/mol. The molecule has 0 aliphatic carbocycles. The standard InChI is InChI=1S/C33H43N5O7/c1-21-9-11-25-16-24(21)19-35-32(43)27(12-10-22-6-3-2-4-7-22)36-33(44)28(37-31(42)26(34)17-30(40)41)18-29(39)38-14-5-8-23(20-38)13-15-45-25/h2-4,6-7,9,11,16,23,26-28H,5,8,10,12-15,17-20,34H2,1H3,(H,35,43)(H,36,44)(H,37,42)(H,40,41)/t23?,26-,27-,28-/m0/s1. The number of rotatable bonds is 7. The molecule has 0 saturated carbocycles. The first kappa shape index (κ1) is 33.4. The van der Waals surface area contributed by atoms with Gasteiger partial charge in [-0.05, 0) is 73.8 Å². The topological polar surface area (TPSA) is 180 Å². The van der Waals surface area contributed by atoms with Gasteiger partial charge in [-0.2, -0.15) is 0 Å². The molecular weight excluding hydrogens is 578 g/mol. The molecular formula is C33H43N5O7. The first-order valence-electron chi connectivity index (χ1n) is 15.5. The van der Waals surface area contributed by atoms with E-state index in [0.29, 0.717) is 31.9 Å². The molecule has 4 atom stereocenters. The number of nitrogens with one attached hydrogen (secondary N) is 3. The van der Waals surface area contributed by atoms with Gasteiger partial charge in [0.25, 0.3) is 0 Å². The van der Waals surface area contributed by atoms with Gasteiger partial charge >= 0.3 is 5.97 Å². The fourth-order valence-corrected chi connectivity index (χ4v) is 5.67. The summed E-state index contributed by atoms with van der Waals surface area (Å²) >= 11 is 0. The van der Waals surface area contributed by atoms with Crippen LogP contribution in [0, 0.1) is 12.8 Å². The van der Waals surface area contributed by atoms with Crippen LogP contribution in [0.5, 0.6) is 5.75 Å². The number of carboxylic acid groups (broad SMARTS) is 1. The normalized spacial score (nSPS) is 22.1. The Hall–Kier alpha value is -4.45. The second-order valence-electron chi connectivity index (χ2n) is 11.8. The first-order chi connectivity index (χ1) is 21.6. The molecule has 12 nitrogen and oxygen atoms in total. The fraction of sp³-hybridized carbons (Fsp3) is 0.485. The molecule has 2 aromatic rings. The average Bonchev–Trinajstić information content (AvgIpc) is 3.02. The van der Waals surface area contributed by atoms with Gasteiger partial charge in [0.1, 0.15) is 17.8 Å². The van der Waals surface area contributed by atoms with E-state index in [1.807, 2.05) is 55.5 Å². The third-order valence-corrected chi connectivity index (χ3v) is 8.38. The van der Waals surface area contributed by atoms with Gasteiger partial charge in [0, 0.05) is 19.6 Å². The third kappa shape index (κ3) is 10.0. The number of carbonyl (C=O) groups excluding carboxylic acids is 4. The number of carbonyl (C=O) groups is 5. The van der Waals surface area contributed by atoms with Crippen molar-refractivity contribution in [2.75, 3.05) is 19.7 Å². The Kier molecular flexibility index (Phi) is 11.9. The summed E-state index contributed by atoms with van der Waals surface area (Å²) < 4.78 is 6.05. The Balaban J connectivity index is 1.61. The number of aliphatic carboxylic acids is 1. The lowest BCUT2D eigenvalue weighted by Crippen LogP contribution is -2.57. The van der Waals surface area contributed by atoms with Crippen LogP contribution in [0.2, 0.25) is 0 Å². The first-order valence-corrected chi connectivity index (χ1v) is 15.5. The molecule has 242 valence electrons. The minimum Gasteiger partial charge on any atom is -0.494 e. The molecule has 45 heavy (non-hydrogen) atoms. The Morgan fingerprint density at radius 2 is 1.89 bits per heavy atom. The highest BCUT2D eigenvalue weighted by Crippen LogP contribution is 2.23. The summed E-state index contributed by atoms with van der Waals surface area (Å²) in [6, 6.07) is 11.5. The van der Waals surface area contributed by atoms with E-state index in [0.717, 1.165) is 36.0 Å². The van der Waals surface area contributed by atoms with Crippen molar-refractivity contribution in [3.63, 3.8) is 0 Å². The molecule has 2 aliphatic rings. The lowest BCUT2D eigenvalue weighted by Gasteiger charge is -2.34. The van der Waals surface area contributed by atoms with Crippen LogP contribution >= 0.6 is 0 Å². The van der Waals surface area contributed by atoms with E-state index in [1.165, 1.54) is 0 Å². The highest BCUT2D eigenvalue weighted by atomic mass is 16.5. The van der Waals surface area contributed by atoms with E-state index in [4.69, 9.17) is 15.6 Å². The van der Waals surface area contributed by atoms with E-state index in [-0.39, 0.29) is 31.2 Å². The maximum atomic E-state index is 13.7. The quantitative estimate of drug-likeness (QED) is 0.308. The van der Waals surface area contributed by atoms with Crippen molar-refractivity contribution < 1.29 is 33.8 Å². The molecule has 12 heteroatoms. The fourth-order valence-electron chi connectivity index (χ4n) is 5.67. The highest BCUT2D eigenvalue weighted by Gasteiger charge is 2.33. The maximum Gasteiger partial charge on any atom is 0.305 e. The number of fused-ring (bicyclic) bond motifs is 4. The molecule has 0 aromatic heterocycles. The van der Waals surface area contributed by atoms with Gasteiger partial charge in [-0.3, -0.25) is 24.0 Å². The molecule has 2 aliphatic heterocycles. The van der Waals surface area contributed by atoms with Crippen molar-refractivity contribution >= 4 is 29.6 Å². The summed E-state index contributed by atoms with van der Waals surface area (Å²) in [4.78, 5) is 66.4. The van der Waals surface area contributed by atoms with Crippen LogP contribution < -0.4 is 26.4 Å². The van der Waals surface area contributed by atoms with Crippen molar-refractivity contribution in [1.82, 2.24) is 20.9 Å². The van der Waals surface area contributed by atoms with Crippen LogP contribution in [0.15, 0.2) is 48.5 Å². The Bertz CT molecular complexity index is 1370. The lowest BCUT2D eigenvalue weighted by atomic mass is 9.94. The molecule has 2 heterocycles. The summed E-state index contributed by atoms with van der Waals surface area (Å²) in [7, 11) is 0. The molecule has 4 bridgehead atoms. The van der Waals surface area contributed by atoms with Crippen LogP contribution in [0.25, 0.3) is 0 Å². The van der Waals surface area contributed by atoms with Gasteiger partial charge in [-0.25, -0.2) is 0 Å². The smallest absolute Gasteiger partial charge is 0.305 e. The highest BCUT2D eigenvalue weighted by molar-refractivity contribution is 5.96. The van der Waals surface area contributed by atoms with Crippen LogP contribution in [0.4, 0.5) is 0 Å². The van der Waals surface area contributed by atoms with Gasteiger partial charge in [0.15, 0.2) is 0 Å². The van der Waals surface area contributed by atoms with Gasteiger partial charge in [-0.15, -0.1) is 0 Å². The predicted molar refractivity (Wildman–Crippen MR) is 166 cm³/mol. The van der Waals surface area contributed by atoms with E-state index in [1.54, 1.807) is 4.90 Å². The van der Waals surface area contributed by atoms with E-state index in [2.05, 4.69) is 16.0 Å². The molecule has 4 amide bonds. The van der Waals surface area contributed by atoms with Crippen molar-refractivity contribution in [2.45, 2.75) is 76.5 Å². The lowest BCUT2D eigenvalue weighted by molar-refractivity contribution is -0.141. The van der Waals surface area contributed by atoms with Gasteiger partial charge in [0.05, 0.1) is 25.5 Å². The molecule has 0 spiro atoms. The van der Waals surface area contributed by atoms with Crippen LogP contribution in [-0.2, 0) is 36.9 Å². The number of piperidine rings is 1. The minimum absolute atomic E-state index is 0.207. The molecule has 6 N–H and O–H groups in total. The second-order valence-corrected chi connectivity index (χ2v) is 11.8. The molecule has 1 unspecified atom stereocenters. The third-order valence-electron chi connectivity index (χ3n) is 8.38. The molecule has 1 fully saturated rings. The van der Waals surface area contributed by atoms with Gasteiger partial charge in [0.2, 0.25) is 23.6 Å². The summed E-state index contributed by atoms with van der Waals surface area (Å²) in [6.07, 6.45) is 2.19. The van der Waals surface area contributed by atoms with Gasteiger partial charge < -0.3 is 36.4 Å². The van der Waals surface area contributed by atoms with Crippen molar-refractivity contribution in [2.24, 2.45) is 11.7 Å².